The van der Waals surface area contributed by atoms with Gasteiger partial charge in [0.25, 0.3) is 11.8 Å². The zero-order valence-corrected chi connectivity index (χ0v) is 21.7. The van der Waals surface area contributed by atoms with Crippen molar-refractivity contribution in [3.8, 4) is 5.82 Å². The van der Waals surface area contributed by atoms with Crippen LogP contribution >= 0.6 is 50.7 Å². The van der Waals surface area contributed by atoms with Gasteiger partial charge in [-0.15, -0.1) is 0 Å². The molecule has 0 spiro atoms. The monoisotopic (exact) mass is 588 g/mol. The van der Waals surface area contributed by atoms with Crippen LogP contribution in [-0.4, -0.2) is 63.9 Å². The molecular weight excluding hydrogens is 575 g/mol. The number of halogens is 4. The van der Waals surface area contributed by atoms with E-state index in [1.165, 1.54) is 50.3 Å². The van der Waals surface area contributed by atoms with Gasteiger partial charge < -0.3 is 10.1 Å². The number of carbonyl (C=O) groups is 3. The van der Waals surface area contributed by atoms with Crippen molar-refractivity contribution in [1.29, 1.82) is 0 Å². The average molecular weight is 591 g/mol. The van der Waals surface area contributed by atoms with Crippen LogP contribution in [-0.2, 0) is 4.74 Å². The van der Waals surface area contributed by atoms with Gasteiger partial charge in [0.05, 0.1) is 28.4 Å². The van der Waals surface area contributed by atoms with Crippen molar-refractivity contribution in [2.45, 2.75) is 0 Å². The first-order chi connectivity index (χ1) is 16.0. The number of benzene rings is 1. The predicted octanol–water partition coefficient (Wildman–Crippen LogP) is 4.93. The molecule has 14 heteroatoms. The molecular formula is C20H16BrCl3N6O4. The molecule has 10 nitrogen and oxygen atoms in total. The van der Waals surface area contributed by atoms with Crippen LogP contribution in [0.25, 0.3) is 5.82 Å². The van der Waals surface area contributed by atoms with Gasteiger partial charge in [0.2, 0.25) is 0 Å². The van der Waals surface area contributed by atoms with Gasteiger partial charge >= 0.3 is 6.09 Å². The van der Waals surface area contributed by atoms with Crippen LogP contribution in [0.1, 0.15) is 20.8 Å². The van der Waals surface area contributed by atoms with E-state index in [-0.39, 0.29) is 37.8 Å². The smallest absolute Gasteiger partial charge is 0.428 e. The molecule has 0 saturated carbocycles. The predicted molar refractivity (Wildman–Crippen MR) is 131 cm³/mol. The highest BCUT2D eigenvalue weighted by Crippen LogP contribution is 2.32. The Hall–Kier alpha value is -2.86. The second-order valence-electron chi connectivity index (χ2n) is 6.66. The maximum absolute atomic E-state index is 13.2. The summed E-state index contributed by atoms with van der Waals surface area (Å²) in [6.07, 6.45) is 0.717. The first kappa shape index (κ1) is 25.8. The quantitative estimate of drug-likeness (QED) is 0.432. The summed E-state index contributed by atoms with van der Waals surface area (Å²) in [6.45, 7) is 0. The van der Waals surface area contributed by atoms with Gasteiger partial charge in [-0.1, -0.05) is 34.8 Å². The highest BCUT2D eigenvalue weighted by atomic mass is 79.9. The number of amides is 3. The van der Waals surface area contributed by atoms with E-state index in [2.05, 4.69) is 36.1 Å². The second kappa shape index (κ2) is 10.6. The number of hydrogen-bond acceptors (Lipinski definition) is 6. The van der Waals surface area contributed by atoms with Gasteiger partial charge in [0, 0.05) is 31.4 Å². The summed E-state index contributed by atoms with van der Waals surface area (Å²) in [5, 5.41) is 9.17. The molecule has 2 aromatic heterocycles. The summed E-state index contributed by atoms with van der Waals surface area (Å²) in [4.78, 5) is 42.4. The highest BCUT2D eigenvalue weighted by Gasteiger charge is 2.27. The number of aromatic nitrogens is 3. The Kier molecular flexibility index (Phi) is 8.03. The number of hydrogen-bond donors (Lipinski definition) is 1. The van der Waals surface area contributed by atoms with Gasteiger partial charge in [0.1, 0.15) is 10.3 Å². The summed E-state index contributed by atoms with van der Waals surface area (Å²) >= 11 is 21.9. The van der Waals surface area contributed by atoms with Gasteiger partial charge in [-0.3, -0.25) is 9.59 Å². The molecule has 0 radical (unpaired) electrons. The number of nitrogens with one attached hydrogen (secondary N) is 1. The second-order valence-corrected chi connectivity index (χ2v) is 8.72. The summed E-state index contributed by atoms with van der Waals surface area (Å²) in [5.74, 6) is -1.13. The molecule has 0 aliphatic carbocycles. The number of nitrogens with zero attached hydrogens (tertiary/aromatic N) is 5. The first-order valence-electron chi connectivity index (χ1n) is 9.31. The van der Waals surface area contributed by atoms with Crippen molar-refractivity contribution in [3.63, 3.8) is 0 Å². The molecule has 3 aromatic rings. The number of ether oxygens (including phenoxy) is 1. The molecule has 0 atom stereocenters. The molecule has 3 rings (SSSR count). The van der Waals surface area contributed by atoms with Gasteiger partial charge in [-0.2, -0.15) is 5.10 Å². The van der Waals surface area contributed by atoms with Crippen molar-refractivity contribution in [3.05, 3.63) is 67.5 Å². The fourth-order valence-corrected chi connectivity index (χ4v) is 3.94. The Balaban J connectivity index is 2.02. The summed E-state index contributed by atoms with van der Waals surface area (Å²) in [6, 6.07) is 7.36. The van der Waals surface area contributed by atoms with Crippen LogP contribution in [0.3, 0.4) is 0 Å². The standard InChI is InChI=1S/C20H16BrCl3N6O4/c1-28(29(2)20(33)34-3)19(32)11-7-10(22)8-13(24)16(11)26-18(31)14-9-15(21)27-30(14)17-12(23)5-4-6-25-17/h4-9H,1-3H3,(H,26,31). The topological polar surface area (TPSA) is 110 Å². The lowest BCUT2D eigenvalue weighted by Crippen LogP contribution is -2.45. The lowest BCUT2D eigenvalue weighted by Gasteiger charge is -2.27. The Morgan fingerprint density at radius 3 is 2.44 bits per heavy atom. The summed E-state index contributed by atoms with van der Waals surface area (Å²) in [5.41, 5.74) is -0.0378. The molecule has 0 fully saturated rings. The van der Waals surface area contributed by atoms with E-state index in [0.29, 0.717) is 4.60 Å². The van der Waals surface area contributed by atoms with Crippen LogP contribution < -0.4 is 5.32 Å². The third-order valence-electron chi connectivity index (χ3n) is 4.56. The number of hydrazine groups is 1. The molecule has 3 amide bonds. The molecule has 2 heterocycles. The van der Waals surface area contributed by atoms with E-state index >= 15 is 0 Å². The minimum Gasteiger partial charge on any atom is -0.452 e. The van der Waals surface area contributed by atoms with E-state index in [9.17, 15) is 14.4 Å². The lowest BCUT2D eigenvalue weighted by atomic mass is 10.1. The molecule has 0 saturated heterocycles. The number of anilines is 1. The normalized spacial score (nSPS) is 10.6. The van der Waals surface area contributed by atoms with E-state index in [1.807, 2.05) is 0 Å². The third-order valence-corrected chi connectivity index (χ3v) is 5.76. The number of rotatable bonds is 4. The largest absolute Gasteiger partial charge is 0.452 e. The van der Waals surface area contributed by atoms with Crippen molar-refractivity contribution < 1.29 is 19.1 Å². The van der Waals surface area contributed by atoms with Crippen LogP contribution in [0.4, 0.5) is 10.5 Å². The van der Waals surface area contributed by atoms with Crippen LogP contribution in [0, 0.1) is 0 Å². The SMILES string of the molecule is COC(=O)N(C)N(C)C(=O)c1cc(Cl)cc(Cl)c1NC(=O)c1cc(Br)nn1-c1ncccc1Cl. The van der Waals surface area contributed by atoms with Crippen LogP contribution in [0.2, 0.25) is 15.1 Å². The molecule has 0 aliphatic heterocycles. The van der Waals surface area contributed by atoms with Gasteiger partial charge in [0.15, 0.2) is 5.82 Å². The zero-order valence-electron chi connectivity index (χ0n) is 17.8. The maximum Gasteiger partial charge on any atom is 0.428 e. The zero-order chi connectivity index (χ0) is 25.2. The van der Waals surface area contributed by atoms with Gasteiger partial charge in [-0.05, 0) is 40.2 Å². The van der Waals surface area contributed by atoms with E-state index < -0.39 is 17.9 Å². The number of carbonyl (C=O) groups excluding carboxylic acids is 3. The summed E-state index contributed by atoms with van der Waals surface area (Å²) in [7, 11) is 3.85. The lowest BCUT2D eigenvalue weighted by molar-refractivity contribution is 0.0193. The molecule has 0 bridgehead atoms. The van der Waals surface area contributed by atoms with Crippen molar-refractivity contribution in [1.82, 2.24) is 24.8 Å². The minimum atomic E-state index is -0.782. The Bertz CT molecular complexity index is 1290. The van der Waals surface area contributed by atoms with Crippen molar-refractivity contribution >= 4 is 74.3 Å². The Labute approximate surface area is 217 Å². The Morgan fingerprint density at radius 2 is 1.79 bits per heavy atom. The first-order valence-corrected chi connectivity index (χ1v) is 11.2. The molecule has 0 unspecified atom stereocenters. The van der Waals surface area contributed by atoms with E-state index in [1.54, 1.807) is 12.1 Å². The highest BCUT2D eigenvalue weighted by molar-refractivity contribution is 9.10. The number of pyridine rings is 1. The summed E-state index contributed by atoms with van der Waals surface area (Å²) < 4.78 is 6.21. The fraction of sp³-hybridized carbons (Fsp3) is 0.150. The maximum atomic E-state index is 13.2. The molecule has 1 N–H and O–H groups in total. The van der Waals surface area contributed by atoms with Gasteiger partial charge in [-0.25, -0.2) is 24.5 Å². The molecule has 1 aromatic carbocycles. The average Bonchev–Trinajstić information content (AvgIpc) is 3.20. The molecule has 34 heavy (non-hydrogen) atoms. The van der Waals surface area contributed by atoms with Crippen LogP contribution in [0.15, 0.2) is 41.1 Å². The van der Waals surface area contributed by atoms with E-state index in [4.69, 9.17) is 34.8 Å². The van der Waals surface area contributed by atoms with Crippen LogP contribution in [0.5, 0.6) is 0 Å². The molecule has 178 valence electrons. The van der Waals surface area contributed by atoms with Crippen molar-refractivity contribution in [2.24, 2.45) is 0 Å². The van der Waals surface area contributed by atoms with E-state index in [0.717, 1.165) is 10.0 Å². The number of methoxy groups -OCH3 is 1. The van der Waals surface area contributed by atoms with Crippen molar-refractivity contribution in [2.75, 3.05) is 26.5 Å². The minimum absolute atomic E-state index is 0.000629. The third kappa shape index (κ3) is 5.27. The fourth-order valence-electron chi connectivity index (χ4n) is 2.82. The molecule has 0 aliphatic rings. The Morgan fingerprint density at radius 1 is 1.09 bits per heavy atom.